The van der Waals surface area contributed by atoms with Crippen LogP contribution in [0.2, 0.25) is 0 Å². The highest BCUT2D eigenvalue weighted by Crippen LogP contribution is 2.21. The molecule has 102 valence electrons. The van der Waals surface area contributed by atoms with Crippen LogP contribution in [0.5, 0.6) is 0 Å². The monoisotopic (exact) mass is 265 g/mol. The van der Waals surface area contributed by atoms with E-state index in [1.807, 2.05) is 0 Å². The maximum atomic E-state index is 11.9. The molecule has 0 spiro atoms. The van der Waals surface area contributed by atoms with Crippen molar-refractivity contribution in [1.82, 2.24) is 9.78 Å². The van der Waals surface area contributed by atoms with Crippen LogP contribution in [0.25, 0.3) is 0 Å². The molecule has 1 aromatic heterocycles. The van der Waals surface area contributed by atoms with Crippen LogP contribution in [-0.4, -0.2) is 28.5 Å². The first kappa shape index (κ1) is 14.3. The fraction of sp³-hybridized carbons (Fsp3) is 0.600. The maximum absolute atomic E-state index is 11.9. The van der Waals surface area contributed by atoms with Crippen LogP contribution in [0.3, 0.4) is 0 Å². The van der Waals surface area contributed by atoms with Gasteiger partial charge in [0.15, 0.2) is 5.69 Å². The lowest BCUT2D eigenvalue weighted by Gasteiger charge is -2.05. The fourth-order valence-electron chi connectivity index (χ4n) is 1.35. The standard InChI is InChI=1S/C10H14F3N3O2/c1-2-18-9(17)8-7(14)6-16(15-8)5-3-4-10(11,12)13/h6H,2-5,14H2,1H3. The third-order valence-electron chi connectivity index (χ3n) is 2.11. The molecule has 0 saturated heterocycles. The summed E-state index contributed by atoms with van der Waals surface area (Å²) in [6, 6.07) is 0. The number of nitrogens with zero attached hydrogens (tertiary/aromatic N) is 2. The molecule has 18 heavy (non-hydrogen) atoms. The quantitative estimate of drug-likeness (QED) is 0.826. The molecular weight excluding hydrogens is 251 g/mol. The zero-order valence-corrected chi connectivity index (χ0v) is 9.83. The Morgan fingerprint density at radius 1 is 1.56 bits per heavy atom. The van der Waals surface area contributed by atoms with E-state index in [2.05, 4.69) is 5.10 Å². The van der Waals surface area contributed by atoms with Gasteiger partial charge in [-0.1, -0.05) is 0 Å². The van der Waals surface area contributed by atoms with E-state index in [1.54, 1.807) is 6.92 Å². The Morgan fingerprint density at radius 3 is 2.78 bits per heavy atom. The summed E-state index contributed by atoms with van der Waals surface area (Å²) in [5.41, 5.74) is 5.56. The summed E-state index contributed by atoms with van der Waals surface area (Å²) in [5.74, 6) is -0.676. The molecule has 8 heteroatoms. The van der Waals surface area contributed by atoms with Gasteiger partial charge in [-0.2, -0.15) is 18.3 Å². The summed E-state index contributed by atoms with van der Waals surface area (Å²) in [5, 5.41) is 3.80. The van der Waals surface area contributed by atoms with E-state index in [-0.39, 0.29) is 31.0 Å². The second-order valence-electron chi connectivity index (χ2n) is 3.64. The van der Waals surface area contributed by atoms with Gasteiger partial charge in [0.2, 0.25) is 0 Å². The smallest absolute Gasteiger partial charge is 0.389 e. The number of hydrogen-bond donors (Lipinski definition) is 1. The van der Waals surface area contributed by atoms with Gasteiger partial charge in [0.25, 0.3) is 0 Å². The molecule has 0 aliphatic heterocycles. The van der Waals surface area contributed by atoms with Gasteiger partial charge in [-0.05, 0) is 13.3 Å². The lowest BCUT2D eigenvalue weighted by molar-refractivity contribution is -0.136. The van der Waals surface area contributed by atoms with Crippen molar-refractivity contribution in [3.8, 4) is 0 Å². The largest absolute Gasteiger partial charge is 0.461 e. The van der Waals surface area contributed by atoms with Gasteiger partial charge in [-0.25, -0.2) is 4.79 Å². The van der Waals surface area contributed by atoms with Crippen LogP contribution < -0.4 is 5.73 Å². The van der Waals surface area contributed by atoms with Crippen molar-refractivity contribution in [1.29, 1.82) is 0 Å². The number of hydrogen-bond acceptors (Lipinski definition) is 4. The predicted molar refractivity (Wildman–Crippen MR) is 57.9 cm³/mol. The van der Waals surface area contributed by atoms with Crippen molar-refractivity contribution >= 4 is 11.7 Å². The highest BCUT2D eigenvalue weighted by atomic mass is 19.4. The number of alkyl halides is 3. The van der Waals surface area contributed by atoms with Gasteiger partial charge in [0, 0.05) is 19.2 Å². The van der Waals surface area contributed by atoms with Crippen molar-refractivity contribution in [3.63, 3.8) is 0 Å². The molecule has 0 unspecified atom stereocenters. The summed E-state index contributed by atoms with van der Waals surface area (Å²) >= 11 is 0. The van der Waals surface area contributed by atoms with Crippen molar-refractivity contribution in [2.75, 3.05) is 12.3 Å². The van der Waals surface area contributed by atoms with Gasteiger partial charge in [0.1, 0.15) is 0 Å². The maximum Gasteiger partial charge on any atom is 0.389 e. The van der Waals surface area contributed by atoms with Crippen molar-refractivity contribution in [2.45, 2.75) is 32.5 Å². The average Bonchev–Trinajstić information content (AvgIpc) is 2.58. The zero-order valence-electron chi connectivity index (χ0n) is 9.83. The van der Waals surface area contributed by atoms with Crippen molar-refractivity contribution in [2.24, 2.45) is 0 Å². The Balaban J connectivity index is 2.59. The first-order chi connectivity index (χ1) is 8.33. The number of aryl methyl sites for hydroxylation is 1. The SMILES string of the molecule is CCOC(=O)c1nn(CCCC(F)(F)F)cc1N. The molecule has 0 amide bonds. The number of aromatic nitrogens is 2. The van der Waals surface area contributed by atoms with E-state index in [0.29, 0.717) is 0 Å². The van der Waals surface area contributed by atoms with Gasteiger partial charge in [-0.15, -0.1) is 0 Å². The van der Waals surface area contributed by atoms with Gasteiger partial charge in [-0.3, -0.25) is 4.68 Å². The van der Waals surface area contributed by atoms with Crippen molar-refractivity contribution < 1.29 is 22.7 Å². The van der Waals surface area contributed by atoms with E-state index in [1.165, 1.54) is 10.9 Å². The fourth-order valence-corrected chi connectivity index (χ4v) is 1.35. The van der Waals surface area contributed by atoms with E-state index in [4.69, 9.17) is 10.5 Å². The first-order valence-corrected chi connectivity index (χ1v) is 5.40. The summed E-state index contributed by atoms with van der Waals surface area (Å²) < 4.78 is 41.8. The Morgan fingerprint density at radius 2 is 2.22 bits per heavy atom. The summed E-state index contributed by atoms with van der Waals surface area (Å²) in [6.07, 6.45) is -3.89. The number of carbonyl (C=O) groups excluding carboxylic acids is 1. The minimum Gasteiger partial charge on any atom is -0.461 e. The summed E-state index contributed by atoms with van der Waals surface area (Å²) in [7, 11) is 0. The molecule has 1 rings (SSSR count). The molecule has 0 aromatic carbocycles. The minimum atomic E-state index is -4.19. The second-order valence-corrected chi connectivity index (χ2v) is 3.64. The van der Waals surface area contributed by atoms with Crippen LogP contribution in [0, 0.1) is 0 Å². The Labute approximate surface area is 102 Å². The summed E-state index contributed by atoms with van der Waals surface area (Å²) in [6.45, 7) is 1.86. The molecule has 0 aliphatic rings. The number of anilines is 1. The van der Waals surface area contributed by atoms with E-state index >= 15 is 0 Å². The Hall–Kier alpha value is -1.73. The molecule has 0 bridgehead atoms. The third-order valence-corrected chi connectivity index (χ3v) is 2.11. The molecule has 0 radical (unpaired) electrons. The normalized spacial score (nSPS) is 11.6. The first-order valence-electron chi connectivity index (χ1n) is 5.40. The molecule has 0 fully saturated rings. The van der Waals surface area contributed by atoms with Crippen molar-refractivity contribution in [3.05, 3.63) is 11.9 Å². The summed E-state index contributed by atoms with van der Waals surface area (Å²) in [4.78, 5) is 11.4. The molecule has 1 heterocycles. The number of rotatable bonds is 5. The molecule has 5 nitrogen and oxygen atoms in total. The Bertz CT molecular complexity index is 415. The number of halogens is 3. The van der Waals surface area contributed by atoms with Crippen LogP contribution in [-0.2, 0) is 11.3 Å². The van der Waals surface area contributed by atoms with Crippen LogP contribution in [0.15, 0.2) is 6.20 Å². The molecular formula is C10H14F3N3O2. The van der Waals surface area contributed by atoms with Crippen LogP contribution in [0.1, 0.15) is 30.3 Å². The number of esters is 1. The van der Waals surface area contributed by atoms with E-state index in [0.717, 1.165) is 0 Å². The third kappa shape index (κ3) is 4.27. The zero-order chi connectivity index (χ0) is 13.8. The molecule has 0 atom stereocenters. The molecule has 2 N–H and O–H groups in total. The van der Waals surface area contributed by atoms with Gasteiger partial charge in [0.05, 0.1) is 12.3 Å². The van der Waals surface area contributed by atoms with E-state index < -0.39 is 18.6 Å². The second kappa shape index (κ2) is 5.74. The lowest BCUT2D eigenvalue weighted by Crippen LogP contribution is -2.11. The van der Waals surface area contributed by atoms with Gasteiger partial charge >= 0.3 is 12.1 Å². The Kier molecular flexibility index (Phi) is 4.57. The van der Waals surface area contributed by atoms with E-state index in [9.17, 15) is 18.0 Å². The van der Waals surface area contributed by atoms with Crippen LogP contribution in [0.4, 0.5) is 18.9 Å². The highest BCUT2D eigenvalue weighted by Gasteiger charge is 2.26. The van der Waals surface area contributed by atoms with Crippen LogP contribution >= 0.6 is 0 Å². The highest BCUT2D eigenvalue weighted by molar-refractivity contribution is 5.92. The van der Waals surface area contributed by atoms with Gasteiger partial charge < -0.3 is 10.5 Å². The number of nitrogens with two attached hydrogens (primary N) is 1. The number of nitrogen functional groups attached to an aromatic ring is 1. The predicted octanol–water partition coefficient (Wildman–Crippen LogP) is 1.98. The minimum absolute atomic E-state index is 0.0448. The number of ether oxygens (including phenoxy) is 1. The molecule has 1 aromatic rings. The molecule has 0 saturated carbocycles. The topological polar surface area (TPSA) is 70.1 Å². The number of carbonyl (C=O) groups is 1. The average molecular weight is 265 g/mol. The lowest BCUT2D eigenvalue weighted by atomic mass is 10.3. The molecule has 0 aliphatic carbocycles.